The molecule has 0 aromatic carbocycles. The molecule has 83 valence electrons. The van der Waals surface area contributed by atoms with E-state index in [1.54, 1.807) is 0 Å². The van der Waals surface area contributed by atoms with E-state index in [4.69, 9.17) is 4.74 Å². The SMILES string of the molecule is [CH2]COC12CC13CC2CC1CCCCC13. The molecule has 0 amide bonds. The maximum Gasteiger partial charge on any atom is 0.0777 e. The number of rotatable bonds is 2. The van der Waals surface area contributed by atoms with E-state index in [1.807, 2.05) is 0 Å². The van der Waals surface area contributed by atoms with Gasteiger partial charge in [0.25, 0.3) is 0 Å². The predicted octanol–water partition coefficient (Wildman–Crippen LogP) is 3.20. The van der Waals surface area contributed by atoms with Crippen LogP contribution in [0.1, 0.15) is 44.9 Å². The van der Waals surface area contributed by atoms with Crippen LogP contribution in [0.4, 0.5) is 0 Å². The molecule has 1 nitrogen and oxygen atoms in total. The maximum absolute atomic E-state index is 6.04. The van der Waals surface area contributed by atoms with Crippen molar-refractivity contribution >= 4 is 0 Å². The van der Waals surface area contributed by atoms with Crippen LogP contribution in [0, 0.1) is 30.1 Å². The fourth-order valence-electron chi connectivity index (χ4n) is 5.64. The molecule has 2 bridgehead atoms. The van der Waals surface area contributed by atoms with Gasteiger partial charge in [0.15, 0.2) is 0 Å². The topological polar surface area (TPSA) is 9.23 Å². The summed E-state index contributed by atoms with van der Waals surface area (Å²) in [4.78, 5) is 0. The molecule has 5 unspecified atom stereocenters. The molecule has 5 atom stereocenters. The van der Waals surface area contributed by atoms with E-state index in [2.05, 4.69) is 6.92 Å². The van der Waals surface area contributed by atoms with Gasteiger partial charge in [-0.1, -0.05) is 19.3 Å². The first-order valence-electron chi connectivity index (χ1n) is 6.76. The monoisotopic (exact) mass is 205 g/mol. The Kier molecular flexibility index (Phi) is 1.57. The van der Waals surface area contributed by atoms with Crippen molar-refractivity contribution in [2.24, 2.45) is 23.2 Å². The third-order valence-corrected chi connectivity index (χ3v) is 6.13. The molecular weight excluding hydrogens is 184 g/mol. The molecular formula is C14H21O. The summed E-state index contributed by atoms with van der Waals surface area (Å²) in [5.41, 5.74) is 1.02. The molecule has 4 aliphatic carbocycles. The number of hydrogen-bond donors (Lipinski definition) is 0. The van der Waals surface area contributed by atoms with Crippen LogP contribution in [-0.4, -0.2) is 12.2 Å². The fourth-order valence-corrected chi connectivity index (χ4v) is 5.64. The van der Waals surface area contributed by atoms with Crippen molar-refractivity contribution in [1.29, 1.82) is 0 Å². The minimum Gasteiger partial charge on any atom is -0.374 e. The van der Waals surface area contributed by atoms with Crippen LogP contribution >= 0.6 is 0 Å². The summed E-state index contributed by atoms with van der Waals surface area (Å²) < 4.78 is 6.04. The van der Waals surface area contributed by atoms with E-state index in [0.29, 0.717) is 17.6 Å². The van der Waals surface area contributed by atoms with Crippen LogP contribution in [0.2, 0.25) is 0 Å². The number of hydrogen-bond acceptors (Lipinski definition) is 1. The van der Waals surface area contributed by atoms with Crippen LogP contribution in [0.3, 0.4) is 0 Å². The fraction of sp³-hybridized carbons (Fsp3) is 0.929. The molecule has 4 saturated carbocycles. The first-order valence-corrected chi connectivity index (χ1v) is 6.76. The Morgan fingerprint density at radius 3 is 3.00 bits per heavy atom. The van der Waals surface area contributed by atoms with Gasteiger partial charge < -0.3 is 4.74 Å². The van der Waals surface area contributed by atoms with Gasteiger partial charge in [-0.05, 0) is 50.4 Å². The highest BCUT2D eigenvalue weighted by atomic mass is 16.5. The highest BCUT2D eigenvalue weighted by Gasteiger charge is 2.85. The Morgan fingerprint density at radius 2 is 2.13 bits per heavy atom. The largest absolute Gasteiger partial charge is 0.374 e. The third kappa shape index (κ3) is 0.833. The molecule has 0 N–H and O–H groups in total. The van der Waals surface area contributed by atoms with Gasteiger partial charge in [-0.3, -0.25) is 0 Å². The van der Waals surface area contributed by atoms with E-state index in [9.17, 15) is 0 Å². The Bertz CT molecular complexity index is 300. The molecule has 0 aromatic rings. The molecule has 4 fully saturated rings. The summed E-state index contributed by atoms with van der Waals surface area (Å²) >= 11 is 0. The minimum absolute atomic E-state index is 0.354. The van der Waals surface area contributed by atoms with Gasteiger partial charge in [-0.15, -0.1) is 0 Å². The highest BCUT2D eigenvalue weighted by Crippen LogP contribution is 2.85. The standard InChI is InChI=1S/C14H21O/c1-2-15-14-9-13(14)8-11(14)7-10-5-3-4-6-12(10)13/h10-12H,1-9H2. The normalized spacial score (nSPS) is 60.2. The summed E-state index contributed by atoms with van der Waals surface area (Å²) in [5.74, 6) is 3.02. The predicted molar refractivity (Wildman–Crippen MR) is 59.3 cm³/mol. The minimum atomic E-state index is 0.354. The highest BCUT2D eigenvalue weighted by molar-refractivity contribution is 5.34. The van der Waals surface area contributed by atoms with Crippen molar-refractivity contribution in [3.8, 4) is 0 Å². The molecule has 4 aliphatic rings. The summed E-state index contributed by atoms with van der Waals surface area (Å²) in [6, 6.07) is 0. The van der Waals surface area contributed by atoms with E-state index in [-0.39, 0.29) is 0 Å². The van der Waals surface area contributed by atoms with Crippen molar-refractivity contribution in [2.75, 3.05) is 6.61 Å². The van der Waals surface area contributed by atoms with Gasteiger partial charge in [-0.25, -0.2) is 0 Å². The molecule has 15 heavy (non-hydrogen) atoms. The van der Waals surface area contributed by atoms with Gasteiger partial charge in [-0.2, -0.15) is 0 Å². The van der Waals surface area contributed by atoms with Crippen molar-refractivity contribution in [3.63, 3.8) is 0 Å². The van der Waals surface area contributed by atoms with Crippen LogP contribution in [0.15, 0.2) is 0 Å². The second kappa shape index (κ2) is 2.61. The lowest BCUT2D eigenvalue weighted by Gasteiger charge is -2.57. The smallest absolute Gasteiger partial charge is 0.0777 e. The summed E-state index contributed by atoms with van der Waals surface area (Å²) in [7, 11) is 0. The Balaban J connectivity index is 1.63. The molecule has 4 rings (SSSR count). The lowest BCUT2D eigenvalue weighted by molar-refractivity contribution is -0.166. The zero-order valence-corrected chi connectivity index (χ0v) is 9.50. The van der Waals surface area contributed by atoms with Gasteiger partial charge >= 0.3 is 0 Å². The van der Waals surface area contributed by atoms with E-state index < -0.39 is 0 Å². The van der Waals surface area contributed by atoms with Crippen molar-refractivity contribution in [3.05, 3.63) is 6.92 Å². The van der Waals surface area contributed by atoms with Gasteiger partial charge in [0.2, 0.25) is 0 Å². The zero-order chi connectivity index (χ0) is 10.1. The zero-order valence-electron chi connectivity index (χ0n) is 9.50. The van der Waals surface area contributed by atoms with Crippen molar-refractivity contribution in [2.45, 2.75) is 50.5 Å². The maximum atomic E-state index is 6.04. The lowest BCUT2D eigenvalue weighted by atomic mass is 9.50. The van der Waals surface area contributed by atoms with Crippen LogP contribution < -0.4 is 0 Å². The Labute approximate surface area is 92.6 Å². The summed E-state index contributed by atoms with van der Waals surface area (Å²) in [6.45, 7) is 4.58. The first kappa shape index (κ1) is 9.04. The molecule has 0 aliphatic heterocycles. The Hall–Kier alpha value is -0.0400. The van der Waals surface area contributed by atoms with Gasteiger partial charge in [0.05, 0.1) is 5.60 Å². The van der Waals surface area contributed by atoms with Crippen LogP contribution in [0.5, 0.6) is 0 Å². The molecule has 1 radical (unpaired) electrons. The van der Waals surface area contributed by atoms with Gasteiger partial charge in [0, 0.05) is 12.0 Å². The van der Waals surface area contributed by atoms with Crippen LogP contribution in [-0.2, 0) is 4.74 Å². The average Bonchev–Trinajstić information content (AvgIpc) is 2.81. The quantitative estimate of drug-likeness (QED) is 0.672. The number of fused-ring (bicyclic) bond motifs is 3. The Morgan fingerprint density at radius 1 is 1.27 bits per heavy atom. The molecule has 1 heteroatoms. The van der Waals surface area contributed by atoms with E-state index in [0.717, 1.165) is 17.8 Å². The molecule has 1 spiro atoms. The summed E-state index contributed by atoms with van der Waals surface area (Å²) in [6.07, 6.45) is 10.4. The molecule has 0 saturated heterocycles. The van der Waals surface area contributed by atoms with E-state index >= 15 is 0 Å². The van der Waals surface area contributed by atoms with E-state index in [1.165, 1.54) is 44.9 Å². The average molecular weight is 205 g/mol. The first-order chi connectivity index (χ1) is 7.32. The van der Waals surface area contributed by atoms with Gasteiger partial charge in [0.1, 0.15) is 0 Å². The molecule has 0 aromatic heterocycles. The van der Waals surface area contributed by atoms with Crippen molar-refractivity contribution < 1.29 is 4.74 Å². The van der Waals surface area contributed by atoms with Crippen molar-refractivity contribution in [1.82, 2.24) is 0 Å². The number of ether oxygens (including phenoxy) is 1. The summed E-state index contributed by atoms with van der Waals surface area (Å²) in [5, 5.41) is 0. The second-order valence-electron chi connectivity index (χ2n) is 6.36. The van der Waals surface area contributed by atoms with Crippen LogP contribution in [0.25, 0.3) is 0 Å². The lowest BCUT2D eigenvalue weighted by Crippen LogP contribution is -2.55. The third-order valence-electron chi connectivity index (χ3n) is 6.13. The second-order valence-corrected chi connectivity index (χ2v) is 6.36. The molecule has 0 heterocycles.